The van der Waals surface area contributed by atoms with E-state index >= 15 is 0 Å². The lowest BCUT2D eigenvalue weighted by molar-refractivity contribution is 0.157. The maximum absolute atomic E-state index is 11.0. The van der Waals surface area contributed by atoms with E-state index in [0.717, 1.165) is 19.3 Å². The second-order valence-corrected chi connectivity index (χ2v) is 4.42. The van der Waals surface area contributed by atoms with Gasteiger partial charge in [0.15, 0.2) is 0 Å². The highest BCUT2D eigenvalue weighted by Gasteiger charge is 2.20. The van der Waals surface area contributed by atoms with Gasteiger partial charge in [-0.15, -0.1) is 0 Å². The lowest BCUT2D eigenvalue weighted by Gasteiger charge is -2.14. The van der Waals surface area contributed by atoms with Gasteiger partial charge in [0, 0.05) is 0 Å². The molecule has 0 radical (unpaired) electrons. The lowest BCUT2D eigenvalue weighted by Crippen LogP contribution is -2.23. The molecule has 0 aromatic heterocycles. The van der Waals surface area contributed by atoms with Gasteiger partial charge in [-0.05, 0) is 13.3 Å². The molecular weight excluding hydrogens is 193 g/mol. The van der Waals surface area contributed by atoms with Crippen molar-refractivity contribution in [1.82, 2.24) is 5.09 Å². The minimum absolute atomic E-state index is 0.237. The van der Waals surface area contributed by atoms with Crippen LogP contribution in [0.4, 0.5) is 0 Å². The summed E-state index contributed by atoms with van der Waals surface area (Å²) in [4.78, 5) is 9.05. The largest absolute Gasteiger partial charge is 0.405 e. The van der Waals surface area contributed by atoms with Crippen molar-refractivity contribution in [2.45, 2.75) is 39.3 Å². The van der Waals surface area contributed by atoms with Crippen LogP contribution in [0.25, 0.3) is 0 Å². The molecule has 0 amide bonds. The maximum Gasteiger partial charge on any atom is 0.405 e. The normalized spacial score (nSPS) is 18.2. The van der Waals surface area contributed by atoms with Crippen LogP contribution in [0.2, 0.25) is 0 Å². The van der Waals surface area contributed by atoms with Crippen LogP contribution in [-0.4, -0.2) is 22.8 Å². The molecule has 2 atom stereocenters. The summed E-state index contributed by atoms with van der Waals surface area (Å²) in [5.74, 6) is 0. The molecule has 0 aromatic rings. The van der Waals surface area contributed by atoms with Crippen LogP contribution >= 0.6 is 7.75 Å². The Balaban J connectivity index is 3.57. The minimum Gasteiger partial charge on any atom is -0.378 e. The summed E-state index contributed by atoms with van der Waals surface area (Å²) >= 11 is 0. The smallest absolute Gasteiger partial charge is 0.378 e. The molecule has 0 aliphatic rings. The molecule has 0 fully saturated rings. The van der Waals surface area contributed by atoms with E-state index in [2.05, 4.69) is 4.52 Å². The summed E-state index contributed by atoms with van der Waals surface area (Å²) in [7, 11) is -3.79. The Morgan fingerprint density at radius 1 is 1.54 bits per heavy atom. The SMILES string of the molecule is CCCCCOP(=O)(O)NC(C)O. The second kappa shape index (κ2) is 6.51. The zero-order valence-corrected chi connectivity index (χ0v) is 8.96. The van der Waals surface area contributed by atoms with E-state index in [1.165, 1.54) is 6.92 Å². The van der Waals surface area contributed by atoms with Crippen molar-refractivity contribution >= 4 is 7.75 Å². The van der Waals surface area contributed by atoms with Crippen LogP contribution in [0.5, 0.6) is 0 Å². The highest BCUT2D eigenvalue weighted by Crippen LogP contribution is 2.37. The second-order valence-electron chi connectivity index (χ2n) is 2.87. The summed E-state index contributed by atoms with van der Waals surface area (Å²) in [6.45, 7) is 3.63. The summed E-state index contributed by atoms with van der Waals surface area (Å²) < 4.78 is 15.7. The topological polar surface area (TPSA) is 78.8 Å². The third-order valence-electron chi connectivity index (χ3n) is 1.36. The van der Waals surface area contributed by atoms with Crippen molar-refractivity contribution in [3.8, 4) is 0 Å². The average Bonchev–Trinajstić information content (AvgIpc) is 1.95. The van der Waals surface area contributed by atoms with Gasteiger partial charge in [0.05, 0.1) is 6.61 Å². The van der Waals surface area contributed by atoms with E-state index < -0.39 is 14.0 Å². The van der Waals surface area contributed by atoms with Crippen LogP contribution in [0.15, 0.2) is 0 Å². The fourth-order valence-electron chi connectivity index (χ4n) is 0.814. The van der Waals surface area contributed by atoms with Crippen molar-refractivity contribution in [2.75, 3.05) is 6.61 Å². The highest BCUT2D eigenvalue weighted by atomic mass is 31.2. The van der Waals surface area contributed by atoms with Crippen LogP contribution in [0.1, 0.15) is 33.1 Å². The molecule has 0 spiro atoms. The summed E-state index contributed by atoms with van der Waals surface area (Å²) in [5, 5.41) is 10.8. The molecule has 0 rings (SSSR count). The third kappa shape index (κ3) is 8.40. The van der Waals surface area contributed by atoms with E-state index in [1.54, 1.807) is 0 Å². The first-order valence-corrected chi connectivity index (χ1v) is 5.99. The summed E-state index contributed by atoms with van der Waals surface area (Å²) in [6, 6.07) is 0. The van der Waals surface area contributed by atoms with E-state index in [4.69, 9.17) is 10.00 Å². The minimum atomic E-state index is -3.79. The lowest BCUT2D eigenvalue weighted by atomic mass is 10.3. The molecule has 80 valence electrons. The molecule has 2 unspecified atom stereocenters. The Labute approximate surface area is 78.7 Å². The van der Waals surface area contributed by atoms with Gasteiger partial charge in [-0.3, -0.25) is 4.52 Å². The maximum atomic E-state index is 11.0. The molecule has 0 saturated heterocycles. The third-order valence-corrected chi connectivity index (χ3v) is 2.60. The Bertz CT molecular complexity index is 174. The standard InChI is InChI=1S/C7H18NO4P/c1-3-4-5-6-12-13(10,11)8-7(2)9/h7,9H,3-6H2,1-2H3,(H2,8,10,11). The van der Waals surface area contributed by atoms with Gasteiger partial charge >= 0.3 is 7.75 Å². The number of rotatable bonds is 7. The number of nitrogens with one attached hydrogen (secondary N) is 1. The number of hydrogen-bond donors (Lipinski definition) is 3. The van der Waals surface area contributed by atoms with Gasteiger partial charge in [-0.1, -0.05) is 19.8 Å². The quantitative estimate of drug-likeness (QED) is 0.335. The van der Waals surface area contributed by atoms with Gasteiger partial charge in [0.2, 0.25) is 0 Å². The number of aliphatic hydroxyl groups excluding tert-OH is 1. The molecule has 6 heteroatoms. The Morgan fingerprint density at radius 2 is 2.15 bits per heavy atom. The van der Waals surface area contributed by atoms with Crippen LogP contribution in [0.3, 0.4) is 0 Å². The molecule has 0 saturated carbocycles. The Kier molecular flexibility index (Phi) is 6.55. The monoisotopic (exact) mass is 211 g/mol. The first kappa shape index (κ1) is 13.1. The molecule has 0 heterocycles. The van der Waals surface area contributed by atoms with Crippen molar-refractivity contribution < 1.29 is 19.1 Å². The first-order chi connectivity index (χ1) is 5.98. The molecule has 5 nitrogen and oxygen atoms in total. The Morgan fingerprint density at radius 3 is 2.62 bits per heavy atom. The van der Waals surface area contributed by atoms with Crippen LogP contribution < -0.4 is 5.09 Å². The van der Waals surface area contributed by atoms with Crippen molar-refractivity contribution in [2.24, 2.45) is 0 Å². The van der Waals surface area contributed by atoms with Gasteiger partial charge in [-0.25, -0.2) is 4.57 Å². The van der Waals surface area contributed by atoms with Crippen molar-refractivity contribution in [1.29, 1.82) is 0 Å². The predicted octanol–water partition coefficient (Wildman–Crippen LogP) is 1.22. The van der Waals surface area contributed by atoms with Crippen molar-refractivity contribution in [3.05, 3.63) is 0 Å². The molecule has 3 N–H and O–H groups in total. The van der Waals surface area contributed by atoms with Crippen LogP contribution in [-0.2, 0) is 9.09 Å². The molecule has 0 aliphatic carbocycles. The zero-order valence-electron chi connectivity index (χ0n) is 8.06. The summed E-state index contributed by atoms with van der Waals surface area (Å²) in [6.07, 6.45) is 1.71. The highest BCUT2D eigenvalue weighted by molar-refractivity contribution is 7.50. The molecule has 0 aliphatic heterocycles. The number of aliphatic hydroxyl groups is 1. The van der Waals surface area contributed by atoms with Crippen LogP contribution in [0, 0.1) is 0 Å². The first-order valence-electron chi connectivity index (χ1n) is 4.41. The van der Waals surface area contributed by atoms with Gasteiger partial charge < -0.3 is 10.00 Å². The van der Waals surface area contributed by atoms with E-state index in [0.29, 0.717) is 0 Å². The molecule has 0 aromatic carbocycles. The summed E-state index contributed by atoms with van der Waals surface area (Å²) in [5.41, 5.74) is 0. The predicted molar refractivity (Wildman–Crippen MR) is 50.1 cm³/mol. The van der Waals surface area contributed by atoms with Crippen molar-refractivity contribution in [3.63, 3.8) is 0 Å². The zero-order chi connectivity index (χ0) is 10.3. The Hall–Kier alpha value is 0.0700. The molecule has 13 heavy (non-hydrogen) atoms. The van der Waals surface area contributed by atoms with E-state index in [1.807, 2.05) is 12.0 Å². The number of hydrogen-bond acceptors (Lipinski definition) is 3. The number of unbranched alkanes of at least 4 members (excludes halogenated alkanes) is 2. The van der Waals surface area contributed by atoms with Gasteiger partial charge in [-0.2, -0.15) is 5.09 Å². The van der Waals surface area contributed by atoms with E-state index in [-0.39, 0.29) is 6.61 Å². The van der Waals surface area contributed by atoms with E-state index in [9.17, 15) is 4.57 Å². The molecular formula is C7H18NO4P. The fourth-order valence-corrected chi connectivity index (χ4v) is 1.74. The van der Waals surface area contributed by atoms with Gasteiger partial charge in [0.25, 0.3) is 0 Å². The average molecular weight is 211 g/mol. The molecule has 0 bridgehead atoms. The fraction of sp³-hybridized carbons (Fsp3) is 1.00. The van der Waals surface area contributed by atoms with Gasteiger partial charge in [0.1, 0.15) is 6.23 Å².